The predicted octanol–water partition coefficient (Wildman–Crippen LogP) is 3.37. The Morgan fingerprint density at radius 3 is 2.56 bits per heavy atom. The molecule has 5 nitrogen and oxygen atoms in total. The predicted molar refractivity (Wildman–Crippen MR) is 97.6 cm³/mol. The molecule has 0 atom stereocenters. The molecule has 2 heterocycles. The van der Waals surface area contributed by atoms with Crippen LogP contribution in [0.1, 0.15) is 33.8 Å². The van der Waals surface area contributed by atoms with Crippen molar-refractivity contribution in [2.75, 3.05) is 6.54 Å². The number of aryl methyl sites for hydroxylation is 1. The van der Waals surface area contributed by atoms with Crippen LogP contribution in [0.4, 0.5) is 0 Å². The summed E-state index contributed by atoms with van der Waals surface area (Å²) in [5.41, 5.74) is 2.12. The summed E-state index contributed by atoms with van der Waals surface area (Å²) < 4.78 is 0. The van der Waals surface area contributed by atoms with Crippen LogP contribution < -0.4 is 5.32 Å². The van der Waals surface area contributed by atoms with Gasteiger partial charge in [-0.1, -0.05) is 30.3 Å². The van der Waals surface area contributed by atoms with Gasteiger partial charge in [0.05, 0.1) is 5.69 Å². The monoisotopic (exact) mass is 350 g/mol. The largest absolute Gasteiger partial charge is 0.350 e. The quantitative estimate of drug-likeness (QED) is 0.766. The first-order chi connectivity index (χ1) is 12.2. The summed E-state index contributed by atoms with van der Waals surface area (Å²) in [5, 5.41) is 3.77. The SMILES string of the molecule is Cc1nc(-c2ncccn2)sc1C(=O)NCC1(c2ccccc2)CC1. The number of carbonyl (C=O) groups excluding carboxylic acids is 1. The highest BCUT2D eigenvalue weighted by atomic mass is 32.1. The van der Waals surface area contributed by atoms with E-state index in [1.165, 1.54) is 16.9 Å². The van der Waals surface area contributed by atoms with Crippen molar-refractivity contribution >= 4 is 17.2 Å². The lowest BCUT2D eigenvalue weighted by Crippen LogP contribution is -2.32. The van der Waals surface area contributed by atoms with Crippen LogP contribution in [0, 0.1) is 6.92 Å². The van der Waals surface area contributed by atoms with Crippen LogP contribution in [0.25, 0.3) is 10.8 Å². The Balaban J connectivity index is 1.48. The fourth-order valence-corrected chi connectivity index (χ4v) is 3.88. The standard InChI is InChI=1S/C19H18N4OS/c1-13-15(25-18(23-13)16-20-10-5-11-21-16)17(24)22-12-19(8-9-19)14-6-3-2-4-7-14/h2-7,10-11H,8-9,12H2,1H3,(H,22,24). The summed E-state index contributed by atoms with van der Waals surface area (Å²) in [6, 6.07) is 12.2. The summed E-state index contributed by atoms with van der Waals surface area (Å²) in [6.45, 7) is 2.51. The molecule has 0 saturated heterocycles. The third-order valence-corrected chi connectivity index (χ3v) is 5.74. The van der Waals surface area contributed by atoms with Crippen molar-refractivity contribution in [2.45, 2.75) is 25.2 Å². The van der Waals surface area contributed by atoms with Gasteiger partial charge < -0.3 is 5.32 Å². The number of nitrogens with zero attached hydrogens (tertiary/aromatic N) is 3. The third-order valence-electron chi connectivity index (χ3n) is 4.59. The van der Waals surface area contributed by atoms with Crippen molar-refractivity contribution in [2.24, 2.45) is 0 Å². The first-order valence-corrected chi connectivity index (χ1v) is 9.08. The van der Waals surface area contributed by atoms with E-state index in [2.05, 4.69) is 44.5 Å². The molecule has 4 rings (SSSR count). The molecule has 1 fully saturated rings. The second kappa shape index (κ2) is 6.37. The highest BCUT2D eigenvalue weighted by Gasteiger charge is 2.44. The number of nitrogens with one attached hydrogen (secondary N) is 1. The zero-order valence-corrected chi connectivity index (χ0v) is 14.7. The Kier molecular flexibility index (Phi) is 4.05. The van der Waals surface area contributed by atoms with Gasteiger partial charge in [0.15, 0.2) is 10.8 Å². The smallest absolute Gasteiger partial charge is 0.263 e. The molecule has 2 aromatic heterocycles. The molecular weight excluding hydrogens is 332 g/mol. The van der Waals surface area contributed by atoms with Crippen LogP contribution >= 0.6 is 11.3 Å². The molecule has 1 amide bonds. The van der Waals surface area contributed by atoms with Crippen molar-refractivity contribution in [1.29, 1.82) is 0 Å². The number of hydrogen-bond donors (Lipinski definition) is 1. The van der Waals surface area contributed by atoms with Crippen LogP contribution in [-0.2, 0) is 5.41 Å². The normalized spacial score (nSPS) is 14.9. The molecule has 3 aromatic rings. The lowest BCUT2D eigenvalue weighted by molar-refractivity contribution is 0.0953. The maximum atomic E-state index is 12.6. The Bertz CT molecular complexity index is 888. The summed E-state index contributed by atoms with van der Waals surface area (Å²) in [7, 11) is 0. The summed E-state index contributed by atoms with van der Waals surface area (Å²) >= 11 is 1.34. The molecule has 126 valence electrons. The molecular formula is C19H18N4OS. The maximum Gasteiger partial charge on any atom is 0.263 e. The first-order valence-electron chi connectivity index (χ1n) is 8.26. The minimum atomic E-state index is -0.0700. The second-order valence-corrected chi connectivity index (χ2v) is 7.33. The van der Waals surface area contributed by atoms with E-state index < -0.39 is 0 Å². The fraction of sp³-hybridized carbons (Fsp3) is 0.263. The molecule has 1 aliphatic rings. The van der Waals surface area contributed by atoms with Gasteiger partial charge in [-0.3, -0.25) is 4.79 Å². The van der Waals surface area contributed by atoms with Gasteiger partial charge in [-0.15, -0.1) is 11.3 Å². The van der Waals surface area contributed by atoms with Crippen LogP contribution in [-0.4, -0.2) is 27.4 Å². The molecule has 1 N–H and O–H groups in total. The van der Waals surface area contributed by atoms with E-state index in [-0.39, 0.29) is 11.3 Å². The average Bonchev–Trinajstić information content (AvgIpc) is 3.36. The van der Waals surface area contributed by atoms with Crippen molar-refractivity contribution < 1.29 is 4.79 Å². The highest BCUT2D eigenvalue weighted by Crippen LogP contribution is 2.47. The van der Waals surface area contributed by atoms with Gasteiger partial charge >= 0.3 is 0 Å². The van der Waals surface area contributed by atoms with E-state index in [9.17, 15) is 4.79 Å². The van der Waals surface area contributed by atoms with Gasteiger partial charge in [0.25, 0.3) is 5.91 Å². The maximum absolute atomic E-state index is 12.6. The number of thiazole rings is 1. The highest BCUT2D eigenvalue weighted by molar-refractivity contribution is 7.17. The molecule has 6 heteroatoms. The number of aromatic nitrogens is 3. The molecule has 0 unspecified atom stereocenters. The number of rotatable bonds is 5. The Hall–Kier alpha value is -2.60. The fourth-order valence-electron chi connectivity index (χ4n) is 2.95. The minimum Gasteiger partial charge on any atom is -0.350 e. The lowest BCUT2D eigenvalue weighted by Gasteiger charge is -2.16. The van der Waals surface area contributed by atoms with Crippen molar-refractivity contribution in [3.05, 3.63) is 64.9 Å². The Labute approximate surface area is 150 Å². The van der Waals surface area contributed by atoms with E-state index >= 15 is 0 Å². The number of hydrogen-bond acceptors (Lipinski definition) is 5. The van der Waals surface area contributed by atoms with Crippen LogP contribution in [0.2, 0.25) is 0 Å². The molecule has 1 saturated carbocycles. The second-order valence-electron chi connectivity index (χ2n) is 6.33. The zero-order valence-electron chi connectivity index (χ0n) is 13.9. The Morgan fingerprint density at radius 2 is 1.88 bits per heavy atom. The molecule has 0 bridgehead atoms. The van der Waals surface area contributed by atoms with E-state index in [1.807, 2.05) is 13.0 Å². The van der Waals surface area contributed by atoms with Crippen LogP contribution in [0.3, 0.4) is 0 Å². The lowest BCUT2D eigenvalue weighted by atomic mass is 9.96. The van der Waals surface area contributed by atoms with E-state index in [0.29, 0.717) is 22.3 Å². The molecule has 1 aromatic carbocycles. The number of amides is 1. The van der Waals surface area contributed by atoms with Gasteiger partial charge in [-0.25, -0.2) is 15.0 Å². The molecule has 0 spiro atoms. The van der Waals surface area contributed by atoms with Crippen LogP contribution in [0.5, 0.6) is 0 Å². The van der Waals surface area contributed by atoms with Gasteiger partial charge in [0.1, 0.15) is 4.88 Å². The zero-order chi connectivity index (χ0) is 17.3. The third kappa shape index (κ3) is 3.17. The van der Waals surface area contributed by atoms with Gasteiger partial charge in [-0.05, 0) is 31.4 Å². The molecule has 1 aliphatic carbocycles. The topological polar surface area (TPSA) is 67.8 Å². The van der Waals surface area contributed by atoms with Gasteiger partial charge in [0, 0.05) is 24.4 Å². The molecule has 0 radical (unpaired) electrons. The first kappa shape index (κ1) is 15.9. The van der Waals surface area contributed by atoms with E-state index in [1.54, 1.807) is 18.5 Å². The van der Waals surface area contributed by atoms with Crippen molar-refractivity contribution in [3.8, 4) is 10.8 Å². The van der Waals surface area contributed by atoms with E-state index in [0.717, 1.165) is 18.5 Å². The molecule has 0 aliphatic heterocycles. The van der Waals surface area contributed by atoms with Crippen molar-refractivity contribution in [1.82, 2.24) is 20.3 Å². The number of carbonyl (C=O) groups is 1. The van der Waals surface area contributed by atoms with Crippen LogP contribution in [0.15, 0.2) is 48.8 Å². The average molecular weight is 350 g/mol. The van der Waals surface area contributed by atoms with Gasteiger partial charge in [-0.2, -0.15) is 0 Å². The summed E-state index contributed by atoms with van der Waals surface area (Å²) in [5.74, 6) is 0.483. The summed E-state index contributed by atoms with van der Waals surface area (Å²) in [6.07, 6.45) is 5.58. The Morgan fingerprint density at radius 1 is 1.16 bits per heavy atom. The number of benzene rings is 1. The minimum absolute atomic E-state index is 0.0700. The summed E-state index contributed by atoms with van der Waals surface area (Å²) in [4.78, 5) is 26.1. The molecule has 25 heavy (non-hydrogen) atoms. The van der Waals surface area contributed by atoms with E-state index in [4.69, 9.17) is 0 Å². The van der Waals surface area contributed by atoms with Gasteiger partial charge in [0.2, 0.25) is 0 Å². The van der Waals surface area contributed by atoms with Crippen molar-refractivity contribution in [3.63, 3.8) is 0 Å².